The van der Waals surface area contributed by atoms with Gasteiger partial charge in [0.2, 0.25) is 0 Å². The molecule has 0 spiro atoms. The third-order valence-electron chi connectivity index (χ3n) is 2.52. The van der Waals surface area contributed by atoms with Crippen molar-refractivity contribution in [2.45, 2.75) is 37.5 Å². The summed E-state index contributed by atoms with van der Waals surface area (Å²) in [6.45, 7) is 2.14. The molecule has 0 amide bonds. The molecule has 0 aliphatic heterocycles. The lowest BCUT2D eigenvalue weighted by Crippen LogP contribution is -1.89. The summed E-state index contributed by atoms with van der Waals surface area (Å²) in [6.07, 6.45) is 6.28. The second-order valence-corrected chi connectivity index (χ2v) is 5.33. The molecule has 0 saturated heterocycles. The Morgan fingerprint density at radius 1 is 1.32 bits per heavy atom. The minimum absolute atomic E-state index is 0.000151. The molecule has 102 valence electrons. The van der Waals surface area contributed by atoms with Crippen molar-refractivity contribution in [3.63, 3.8) is 0 Å². The van der Waals surface area contributed by atoms with Gasteiger partial charge >= 0.3 is 0 Å². The molecule has 4 nitrogen and oxygen atoms in total. The van der Waals surface area contributed by atoms with Crippen LogP contribution in [0.2, 0.25) is 0 Å². The molecule has 0 radical (unpaired) electrons. The first-order valence-electron chi connectivity index (χ1n) is 6.21. The van der Waals surface area contributed by atoms with Crippen LogP contribution in [0.1, 0.15) is 32.6 Å². The molecule has 0 N–H and O–H groups in total. The van der Waals surface area contributed by atoms with Gasteiger partial charge in [0.05, 0.1) is 15.7 Å². The standard InChI is InChI=1S/C14H17NO3S/c1-2-3-4-5-6-7-12-19(18)14-10-8-13(9-11-14)15(16)17/h6,8-12H,2-5H2,1H3. The van der Waals surface area contributed by atoms with Crippen molar-refractivity contribution in [2.24, 2.45) is 0 Å². The number of benzene rings is 1. The van der Waals surface area contributed by atoms with Gasteiger partial charge in [0.15, 0.2) is 0 Å². The fourth-order valence-electron chi connectivity index (χ4n) is 1.46. The van der Waals surface area contributed by atoms with Gasteiger partial charge in [-0.05, 0) is 31.1 Å². The number of nitro groups is 1. The Labute approximate surface area is 115 Å². The summed E-state index contributed by atoms with van der Waals surface area (Å²) in [5.74, 6) is 0. The zero-order valence-electron chi connectivity index (χ0n) is 10.9. The molecule has 1 atom stereocenters. The van der Waals surface area contributed by atoms with E-state index >= 15 is 0 Å². The van der Waals surface area contributed by atoms with E-state index in [1.807, 2.05) is 6.08 Å². The van der Waals surface area contributed by atoms with Crippen LogP contribution in [0.5, 0.6) is 0 Å². The molecule has 1 unspecified atom stereocenters. The third kappa shape index (κ3) is 5.64. The second-order valence-electron chi connectivity index (χ2n) is 4.03. The molecule has 0 heterocycles. The van der Waals surface area contributed by atoms with Gasteiger partial charge in [-0.15, -0.1) is 5.73 Å². The molecule has 0 fully saturated rings. The van der Waals surface area contributed by atoms with E-state index in [2.05, 4.69) is 12.7 Å². The summed E-state index contributed by atoms with van der Waals surface area (Å²) >= 11 is 0. The number of hydrogen-bond acceptors (Lipinski definition) is 3. The van der Waals surface area contributed by atoms with Crippen LogP contribution in [-0.4, -0.2) is 9.13 Å². The van der Waals surface area contributed by atoms with E-state index in [0.29, 0.717) is 4.90 Å². The Bertz CT molecular complexity index is 502. The van der Waals surface area contributed by atoms with E-state index < -0.39 is 15.7 Å². The van der Waals surface area contributed by atoms with Gasteiger partial charge in [0.1, 0.15) is 0 Å². The lowest BCUT2D eigenvalue weighted by Gasteiger charge is -1.95. The van der Waals surface area contributed by atoms with Crippen molar-refractivity contribution in [2.75, 3.05) is 0 Å². The maximum Gasteiger partial charge on any atom is 0.269 e. The van der Waals surface area contributed by atoms with Crippen molar-refractivity contribution in [1.82, 2.24) is 0 Å². The Morgan fingerprint density at radius 3 is 2.58 bits per heavy atom. The SMILES string of the molecule is CCCCCC=C=CS(=O)c1ccc([N+](=O)[O-])cc1. The third-order valence-corrected chi connectivity index (χ3v) is 3.61. The Morgan fingerprint density at radius 2 is 2.00 bits per heavy atom. The molecule has 1 aromatic rings. The summed E-state index contributed by atoms with van der Waals surface area (Å²) in [5.41, 5.74) is 2.90. The summed E-state index contributed by atoms with van der Waals surface area (Å²) in [4.78, 5) is 10.5. The van der Waals surface area contributed by atoms with Crippen molar-refractivity contribution in [1.29, 1.82) is 0 Å². The van der Waals surface area contributed by atoms with Crippen molar-refractivity contribution >= 4 is 16.5 Å². The van der Waals surface area contributed by atoms with Crippen LogP contribution in [0, 0.1) is 10.1 Å². The molecule has 1 rings (SSSR count). The van der Waals surface area contributed by atoms with Crippen LogP contribution >= 0.6 is 0 Å². The smallest absolute Gasteiger partial charge is 0.258 e. The largest absolute Gasteiger partial charge is 0.269 e. The van der Waals surface area contributed by atoms with Gasteiger partial charge in [-0.2, -0.15) is 0 Å². The van der Waals surface area contributed by atoms with Crippen molar-refractivity contribution in [3.8, 4) is 0 Å². The van der Waals surface area contributed by atoms with E-state index in [-0.39, 0.29) is 5.69 Å². The normalized spacial score (nSPS) is 11.4. The lowest BCUT2D eigenvalue weighted by atomic mass is 10.2. The van der Waals surface area contributed by atoms with Crippen molar-refractivity contribution in [3.05, 3.63) is 51.6 Å². The molecule has 0 aromatic heterocycles. The number of unbranched alkanes of at least 4 members (excludes halogenated alkanes) is 3. The highest BCUT2D eigenvalue weighted by Gasteiger charge is 2.05. The van der Waals surface area contributed by atoms with Gasteiger partial charge in [0.25, 0.3) is 5.69 Å². The van der Waals surface area contributed by atoms with Gasteiger partial charge in [0, 0.05) is 22.4 Å². The highest BCUT2D eigenvalue weighted by atomic mass is 32.2. The predicted octanol–water partition coefficient (Wildman–Crippen LogP) is 3.95. The average Bonchev–Trinajstić information content (AvgIpc) is 2.42. The summed E-state index contributed by atoms with van der Waals surface area (Å²) < 4.78 is 11.8. The average molecular weight is 279 g/mol. The van der Waals surface area contributed by atoms with Gasteiger partial charge in [-0.3, -0.25) is 10.1 Å². The van der Waals surface area contributed by atoms with Crippen LogP contribution in [-0.2, 0) is 10.8 Å². The Balaban J connectivity index is 2.58. The first kappa shape index (κ1) is 15.3. The molecular weight excluding hydrogens is 262 g/mol. The first-order chi connectivity index (χ1) is 9.15. The van der Waals surface area contributed by atoms with E-state index in [9.17, 15) is 14.3 Å². The second kappa shape index (κ2) is 8.40. The monoisotopic (exact) mass is 279 g/mol. The Hall–Kier alpha value is -1.71. The fourth-order valence-corrected chi connectivity index (χ4v) is 2.22. The molecule has 0 aliphatic rings. The molecular formula is C14H17NO3S. The molecule has 0 bridgehead atoms. The molecule has 0 aliphatic carbocycles. The highest BCUT2D eigenvalue weighted by Crippen LogP contribution is 2.14. The van der Waals surface area contributed by atoms with Crippen molar-refractivity contribution < 1.29 is 9.13 Å². The topological polar surface area (TPSA) is 60.2 Å². The minimum atomic E-state index is -1.30. The molecule has 1 aromatic carbocycles. The van der Waals surface area contributed by atoms with E-state index in [0.717, 1.165) is 12.8 Å². The number of hydrogen-bond donors (Lipinski definition) is 0. The minimum Gasteiger partial charge on any atom is -0.258 e. The van der Waals surface area contributed by atoms with Gasteiger partial charge in [-0.25, -0.2) is 4.21 Å². The Kier molecular flexibility index (Phi) is 6.79. The quantitative estimate of drug-likeness (QED) is 0.328. The lowest BCUT2D eigenvalue weighted by molar-refractivity contribution is -0.384. The maximum atomic E-state index is 11.8. The molecule has 5 heteroatoms. The van der Waals surface area contributed by atoms with E-state index in [1.54, 1.807) is 0 Å². The fraction of sp³-hybridized carbons (Fsp3) is 0.357. The molecule has 0 saturated carbocycles. The first-order valence-corrected chi connectivity index (χ1v) is 7.42. The zero-order chi connectivity index (χ0) is 14.1. The predicted molar refractivity (Wildman–Crippen MR) is 76.3 cm³/mol. The van der Waals surface area contributed by atoms with Crippen LogP contribution < -0.4 is 0 Å². The van der Waals surface area contributed by atoms with Crippen LogP contribution in [0.4, 0.5) is 5.69 Å². The number of nitrogens with zero attached hydrogens (tertiary/aromatic N) is 1. The summed E-state index contributed by atoms with van der Waals surface area (Å²) in [7, 11) is -1.30. The molecule has 19 heavy (non-hydrogen) atoms. The van der Waals surface area contributed by atoms with E-state index in [1.165, 1.54) is 42.5 Å². The zero-order valence-corrected chi connectivity index (χ0v) is 11.7. The summed E-state index contributed by atoms with van der Waals surface area (Å²) in [5, 5.41) is 12.0. The highest BCUT2D eigenvalue weighted by molar-refractivity contribution is 7.88. The van der Waals surface area contributed by atoms with Crippen LogP contribution in [0.15, 0.2) is 46.4 Å². The van der Waals surface area contributed by atoms with E-state index in [4.69, 9.17) is 0 Å². The number of nitro benzene ring substituents is 1. The number of non-ortho nitro benzene ring substituents is 1. The summed E-state index contributed by atoms with van der Waals surface area (Å²) in [6, 6.07) is 5.71. The maximum absolute atomic E-state index is 11.8. The van der Waals surface area contributed by atoms with Crippen LogP contribution in [0.3, 0.4) is 0 Å². The van der Waals surface area contributed by atoms with Gasteiger partial charge in [-0.1, -0.05) is 19.8 Å². The number of allylic oxidation sites excluding steroid dienone is 1. The number of rotatable bonds is 7. The van der Waals surface area contributed by atoms with Crippen LogP contribution in [0.25, 0.3) is 0 Å². The van der Waals surface area contributed by atoms with Gasteiger partial charge < -0.3 is 0 Å².